The summed E-state index contributed by atoms with van der Waals surface area (Å²) in [6.45, 7) is 3.85. The highest BCUT2D eigenvalue weighted by Gasteiger charge is 2.26. The molecule has 2 heterocycles. The topological polar surface area (TPSA) is 35.6 Å². The van der Waals surface area contributed by atoms with Crippen molar-refractivity contribution < 1.29 is 4.79 Å². The molecule has 0 aromatic heterocycles. The molecule has 1 unspecified atom stereocenters. The highest BCUT2D eigenvalue weighted by Crippen LogP contribution is 2.11. The molecule has 0 bridgehead atoms. The molecule has 0 aromatic carbocycles. The molecule has 0 aromatic rings. The monoisotopic (exact) mass is 197 g/mol. The Bertz CT molecular complexity index is 213. The van der Waals surface area contributed by atoms with Crippen molar-refractivity contribution in [1.82, 2.24) is 15.1 Å². The van der Waals surface area contributed by atoms with Crippen molar-refractivity contribution in [3.05, 3.63) is 0 Å². The van der Waals surface area contributed by atoms with Crippen molar-refractivity contribution >= 4 is 6.03 Å². The Morgan fingerprint density at radius 3 is 3.00 bits per heavy atom. The van der Waals surface area contributed by atoms with Crippen LogP contribution in [0, 0.1) is 0 Å². The van der Waals surface area contributed by atoms with Crippen LogP contribution in [0.4, 0.5) is 4.79 Å². The Kier molecular flexibility index (Phi) is 2.91. The van der Waals surface area contributed by atoms with Gasteiger partial charge in [-0.25, -0.2) is 4.79 Å². The number of amides is 2. The van der Waals surface area contributed by atoms with Crippen molar-refractivity contribution in [1.29, 1.82) is 0 Å². The summed E-state index contributed by atoms with van der Waals surface area (Å²) in [5, 5.41) is 3.43. The molecule has 80 valence electrons. The van der Waals surface area contributed by atoms with E-state index < -0.39 is 0 Å². The van der Waals surface area contributed by atoms with Crippen LogP contribution in [0.3, 0.4) is 0 Å². The fourth-order valence-electron chi connectivity index (χ4n) is 2.28. The summed E-state index contributed by atoms with van der Waals surface area (Å²) in [4.78, 5) is 15.5. The van der Waals surface area contributed by atoms with Crippen LogP contribution in [-0.4, -0.2) is 55.1 Å². The molecule has 0 saturated carbocycles. The number of urea groups is 1. The van der Waals surface area contributed by atoms with E-state index >= 15 is 0 Å². The van der Waals surface area contributed by atoms with Crippen molar-refractivity contribution in [2.45, 2.75) is 25.3 Å². The molecule has 2 saturated heterocycles. The number of nitrogens with zero attached hydrogens (tertiary/aromatic N) is 2. The molecule has 2 aliphatic rings. The van der Waals surface area contributed by atoms with Gasteiger partial charge >= 0.3 is 6.03 Å². The van der Waals surface area contributed by atoms with Gasteiger partial charge in [0.1, 0.15) is 0 Å². The zero-order valence-corrected chi connectivity index (χ0v) is 8.83. The molecule has 2 aliphatic heterocycles. The zero-order valence-electron chi connectivity index (χ0n) is 8.83. The number of nitrogens with one attached hydrogen (secondary N) is 1. The molecule has 2 rings (SSSR count). The fraction of sp³-hybridized carbons (Fsp3) is 0.900. The van der Waals surface area contributed by atoms with Crippen LogP contribution < -0.4 is 5.32 Å². The number of carbonyl (C=O) groups is 1. The van der Waals surface area contributed by atoms with Crippen LogP contribution >= 0.6 is 0 Å². The maximum atomic E-state index is 11.7. The molecule has 4 nitrogen and oxygen atoms in total. The molecule has 0 radical (unpaired) electrons. The third-order valence-corrected chi connectivity index (χ3v) is 3.12. The quantitative estimate of drug-likeness (QED) is 0.699. The minimum Gasteiger partial charge on any atom is -0.328 e. The van der Waals surface area contributed by atoms with E-state index in [1.165, 1.54) is 12.8 Å². The Morgan fingerprint density at radius 1 is 1.43 bits per heavy atom. The van der Waals surface area contributed by atoms with Crippen LogP contribution in [0.1, 0.15) is 19.3 Å². The van der Waals surface area contributed by atoms with Gasteiger partial charge in [0.2, 0.25) is 0 Å². The largest absolute Gasteiger partial charge is 0.328 e. The van der Waals surface area contributed by atoms with E-state index in [-0.39, 0.29) is 6.03 Å². The molecule has 2 fully saturated rings. The Morgan fingerprint density at radius 2 is 2.29 bits per heavy atom. The number of hydrogen-bond acceptors (Lipinski definition) is 2. The molecular formula is C10H19N3O. The lowest BCUT2D eigenvalue weighted by atomic mass is 10.2. The minimum absolute atomic E-state index is 0.199. The molecule has 4 heteroatoms. The molecule has 1 N–H and O–H groups in total. The van der Waals surface area contributed by atoms with Gasteiger partial charge in [0, 0.05) is 32.7 Å². The first-order valence-electron chi connectivity index (χ1n) is 5.51. The minimum atomic E-state index is 0.199. The first kappa shape index (κ1) is 9.77. The Labute approximate surface area is 85.2 Å². The lowest BCUT2D eigenvalue weighted by Gasteiger charge is -2.34. The zero-order chi connectivity index (χ0) is 9.97. The van der Waals surface area contributed by atoms with Gasteiger partial charge in [-0.3, -0.25) is 0 Å². The standard InChI is InChI=1S/C10H19N3O/c1-12-6-3-7-13(10(12)14)8-9-4-2-5-11-9/h9,11H,2-8H2,1H3. The van der Waals surface area contributed by atoms with E-state index in [4.69, 9.17) is 0 Å². The van der Waals surface area contributed by atoms with Crippen LogP contribution in [0.25, 0.3) is 0 Å². The van der Waals surface area contributed by atoms with E-state index in [9.17, 15) is 4.79 Å². The average Bonchev–Trinajstić information content (AvgIpc) is 2.66. The summed E-state index contributed by atoms with van der Waals surface area (Å²) >= 11 is 0. The molecule has 1 atom stereocenters. The Balaban J connectivity index is 1.86. The predicted octanol–water partition coefficient (Wildman–Crippen LogP) is 0.496. The third-order valence-electron chi connectivity index (χ3n) is 3.12. The lowest BCUT2D eigenvalue weighted by Crippen LogP contribution is -2.51. The fourth-order valence-corrected chi connectivity index (χ4v) is 2.28. The van der Waals surface area contributed by atoms with Gasteiger partial charge in [0.05, 0.1) is 0 Å². The van der Waals surface area contributed by atoms with Gasteiger partial charge < -0.3 is 15.1 Å². The first-order valence-corrected chi connectivity index (χ1v) is 5.51. The summed E-state index contributed by atoms with van der Waals surface area (Å²) in [6.07, 6.45) is 3.57. The van der Waals surface area contributed by atoms with E-state index in [0.717, 1.165) is 32.6 Å². The third kappa shape index (κ3) is 2.00. The van der Waals surface area contributed by atoms with Crippen molar-refractivity contribution in [2.75, 3.05) is 33.2 Å². The van der Waals surface area contributed by atoms with E-state index in [0.29, 0.717) is 6.04 Å². The van der Waals surface area contributed by atoms with Gasteiger partial charge in [0.15, 0.2) is 0 Å². The second-order valence-electron chi connectivity index (χ2n) is 4.30. The van der Waals surface area contributed by atoms with E-state index in [1.807, 2.05) is 16.8 Å². The van der Waals surface area contributed by atoms with E-state index in [1.54, 1.807) is 0 Å². The van der Waals surface area contributed by atoms with Gasteiger partial charge in [-0.05, 0) is 25.8 Å². The van der Waals surface area contributed by atoms with Crippen molar-refractivity contribution in [3.63, 3.8) is 0 Å². The predicted molar refractivity (Wildman–Crippen MR) is 55.2 cm³/mol. The molecule has 0 spiro atoms. The highest BCUT2D eigenvalue weighted by atomic mass is 16.2. The van der Waals surface area contributed by atoms with Crippen LogP contribution in [0.15, 0.2) is 0 Å². The summed E-state index contributed by atoms with van der Waals surface area (Å²) < 4.78 is 0. The smallest absolute Gasteiger partial charge is 0.319 e. The molecule has 14 heavy (non-hydrogen) atoms. The highest BCUT2D eigenvalue weighted by molar-refractivity contribution is 5.74. The summed E-state index contributed by atoms with van der Waals surface area (Å²) in [6, 6.07) is 0.732. The maximum Gasteiger partial charge on any atom is 0.319 e. The molecule has 0 aliphatic carbocycles. The summed E-state index contributed by atoms with van der Waals surface area (Å²) in [5.74, 6) is 0. The van der Waals surface area contributed by atoms with Gasteiger partial charge in [-0.15, -0.1) is 0 Å². The van der Waals surface area contributed by atoms with Gasteiger partial charge in [0.25, 0.3) is 0 Å². The van der Waals surface area contributed by atoms with Crippen molar-refractivity contribution in [3.8, 4) is 0 Å². The second kappa shape index (κ2) is 4.17. The number of hydrogen-bond donors (Lipinski definition) is 1. The molecule has 2 amide bonds. The van der Waals surface area contributed by atoms with Crippen LogP contribution in [-0.2, 0) is 0 Å². The Hall–Kier alpha value is -0.770. The van der Waals surface area contributed by atoms with E-state index in [2.05, 4.69) is 5.32 Å². The number of carbonyl (C=O) groups excluding carboxylic acids is 1. The summed E-state index contributed by atoms with van der Waals surface area (Å²) in [7, 11) is 1.89. The van der Waals surface area contributed by atoms with Crippen molar-refractivity contribution in [2.24, 2.45) is 0 Å². The summed E-state index contributed by atoms with van der Waals surface area (Å²) in [5.41, 5.74) is 0. The lowest BCUT2D eigenvalue weighted by molar-refractivity contribution is 0.136. The number of rotatable bonds is 2. The second-order valence-corrected chi connectivity index (χ2v) is 4.30. The average molecular weight is 197 g/mol. The van der Waals surface area contributed by atoms with Crippen LogP contribution in [0.5, 0.6) is 0 Å². The molecular weight excluding hydrogens is 178 g/mol. The normalized spacial score (nSPS) is 28.6. The van der Waals surface area contributed by atoms with Gasteiger partial charge in [-0.2, -0.15) is 0 Å². The van der Waals surface area contributed by atoms with Gasteiger partial charge in [-0.1, -0.05) is 0 Å². The van der Waals surface area contributed by atoms with Crippen LogP contribution in [0.2, 0.25) is 0 Å². The SMILES string of the molecule is CN1CCCN(CC2CCCN2)C1=O. The first-order chi connectivity index (χ1) is 6.77. The maximum absolute atomic E-state index is 11.7.